The fourth-order valence-corrected chi connectivity index (χ4v) is 2.82. The molecule has 1 unspecified atom stereocenters. The smallest absolute Gasteiger partial charge is 0.0624 e. The predicted octanol–water partition coefficient (Wildman–Crippen LogP) is 3.27. The predicted molar refractivity (Wildman–Crippen MR) is 76.1 cm³/mol. The normalized spacial score (nSPS) is 18.7. The van der Waals surface area contributed by atoms with Crippen molar-refractivity contribution < 1.29 is 5.11 Å². The van der Waals surface area contributed by atoms with Crippen LogP contribution < -0.4 is 5.73 Å². The maximum Gasteiger partial charge on any atom is 0.0624 e. The molecule has 1 aliphatic rings. The second-order valence-electron chi connectivity index (χ2n) is 5.40. The number of hydrogen-bond acceptors (Lipinski definition) is 2. The van der Waals surface area contributed by atoms with Crippen molar-refractivity contribution in [1.82, 2.24) is 0 Å². The highest BCUT2D eigenvalue weighted by molar-refractivity contribution is 6.42. The molecule has 1 atom stereocenters. The molecule has 0 spiro atoms. The van der Waals surface area contributed by atoms with Crippen molar-refractivity contribution in [2.75, 3.05) is 13.2 Å². The van der Waals surface area contributed by atoms with E-state index in [4.69, 9.17) is 28.9 Å². The van der Waals surface area contributed by atoms with Crippen LogP contribution in [-0.2, 0) is 6.42 Å². The molecular formula is C14H19Cl2NO. The first kappa shape index (κ1) is 14.1. The largest absolute Gasteiger partial charge is 0.396 e. The van der Waals surface area contributed by atoms with E-state index < -0.39 is 0 Å². The Kier molecular flexibility index (Phi) is 4.54. The Hall–Kier alpha value is -0.280. The first-order chi connectivity index (χ1) is 8.60. The lowest BCUT2D eigenvalue weighted by molar-refractivity contribution is 0.115. The Bertz CT molecular complexity index is 414. The molecule has 100 valence electrons. The lowest BCUT2D eigenvalue weighted by Gasteiger charge is -2.31. The summed E-state index contributed by atoms with van der Waals surface area (Å²) in [6.07, 6.45) is 4.18. The molecule has 0 aliphatic heterocycles. The van der Waals surface area contributed by atoms with Gasteiger partial charge in [0.1, 0.15) is 0 Å². The van der Waals surface area contributed by atoms with E-state index in [-0.39, 0.29) is 12.0 Å². The summed E-state index contributed by atoms with van der Waals surface area (Å²) in [5, 5.41) is 10.9. The Morgan fingerprint density at radius 3 is 2.61 bits per heavy atom. The SMILES string of the molecule is NCC(CO)(Cc1cccc(Cl)c1Cl)CC1CC1. The summed E-state index contributed by atoms with van der Waals surface area (Å²) >= 11 is 12.2. The van der Waals surface area contributed by atoms with Crippen LogP contribution in [0, 0.1) is 11.3 Å². The van der Waals surface area contributed by atoms with Crippen molar-refractivity contribution >= 4 is 23.2 Å². The van der Waals surface area contributed by atoms with E-state index in [1.807, 2.05) is 12.1 Å². The van der Waals surface area contributed by atoms with Gasteiger partial charge in [-0.15, -0.1) is 0 Å². The molecule has 1 aliphatic carbocycles. The number of aliphatic hydroxyl groups excluding tert-OH is 1. The van der Waals surface area contributed by atoms with E-state index in [1.54, 1.807) is 6.07 Å². The van der Waals surface area contributed by atoms with Crippen molar-refractivity contribution in [2.24, 2.45) is 17.1 Å². The monoisotopic (exact) mass is 287 g/mol. The van der Waals surface area contributed by atoms with Gasteiger partial charge in [-0.25, -0.2) is 0 Å². The summed E-state index contributed by atoms with van der Waals surface area (Å²) in [6, 6.07) is 5.62. The van der Waals surface area contributed by atoms with Crippen LogP contribution in [-0.4, -0.2) is 18.3 Å². The maximum absolute atomic E-state index is 9.72. The van der Waals surface area contributed by atoms with Gasteiger partial charge < -0.3 is 10.8 Å². The van der Waals surface area contributed by atoms with Gasteiger partial charge in [0.2, 0.25) is 0 Å². The van der Waals surface area contributed by atoms with Crippen LogP contribution in [0.25, 0.3) is 0 Å². The third-order valence-electron chi connectivity index (χ3n) is 3.78. The molecule has 0 amide bonds. The van der Waals surface area contributed by atoms with Crippen LogP contribution in [0.15, 0.2) is 18.2 Å². The molecule has 2 nitrogen and oxygen atoms in total. The second kappa shape index (κ2) is 5.79. The average Bonchev–Trinajstić information content (AvgIpc) is 3.18. The molecule has 0 bridgehead atoms. The molecule has 18 heavy (non-hydrogen) atoms. The van der Waals surface area contributed by atoms with Gasteiger partial charge in [0, 0.05) is 12.0 Å². The fraction of sp³-hybridized carbons (Fsp3) is 0.571. The van der Waals surface area contributed by atoms with E-state index in [0.717, 1.165) is 17.9 Å². The molecular weight excluding hydrogens is 269 g/mol. The Labute approximate surface area is 118 Å². The van der Waals surface area contributed by atoms with Gasteiger partial charge in [0.05, 0.1) is 16.7 Å². The lowest BCUT2D eigenvalue weighted by Crippen LogP contribution is -2.37. The van der Waals surface area contributed by atoms with Gasteiger partial charge in [-0.2, -0.15) is 0 Å². The number of halogens is 2. The van der Waals surface area contributed by atoms with Crippen LogP contribution >= 0.6 is 23.2 Å². The van der Waals surface area contributed by atoms with E-state index in [0.29, 0.717) is 23.0 Å². The van der Waals surface area contributed by atoms with Gasteiger partial charge in [0.15, 0.2) is 0 Å². The lowest BCUT2D eigenvalue weighted by atomic mass is 9.78. The standard InChI is InChI=1S/C14H19Cl2NO/c15-12-3-1-2-11(13(12)16)7-14(8-17,9-18)6-10-4-5-10/h1-3,10,18H,4-9,17H2. The zero-order valence-electron chi connectivity index (χ0n) is 10.3. The minimum Gasteiger partial charge on any atom is -0.396 e. The Morgan fingerprint density at radius 2 is 2.06 bits per heavy atom. The summed E-state index contributed by atoms with van der Waals surface area (Å²) < 4.78 is 0. The van der Waals surface area contributed by atoms with Crippen molar-refractivity contribution in [1.29, 1.82) is 0 Å². The van der Waals surface area contributed by atoms with Crippen molar-refractivity contribution in [2.45, 2.75) is 25.7 Å². The molecule has 3 N–H and O–H groups in total. The van der Waals surface area contributed by atoms with Crippen molar-refractivity contribution in [3.63, 3.8) is 0 Å². The highest BCUT2D eigenvalue weighted by Crippen LogP contribution is 2.42. The second-order valence-corrected chi connectivity index (χ2v) is 6.18. The summed E-state index contributed by atoms with van der Waals surface area (Å²) in [7, 11) is 0. The van der Waals surface area contributed by atoms with Crippen LogP contribution in [0.2, 0.25) is 10.0 Å². The fourth-order valence-electron chi connectivity index (χ4n) is 2.44. The molecule has 0 aromatic heterocycles. The van der Waals surface area contributed by atoms with Crippen LogP contribution in [0.5, 0.6) is 0 Å². The number of nitrogens with two attached hydrogens (primary N) is 1. The quantitative estimate of drug-likeness (QED) is 0.844. The third kappa shape index (κ3) is 3.18. The molecule has 0 radical (unpaired) electrons. The third-order valence-corrected chi connectivity index (χ3v) is 4.64. The zero-order chi connectivity index (χ0) is 13.2. The molecule has 4 heteroatoms. The van der Waals surface area contributed by atoms with Crippen LogP contribution in [0.3, 0.4) is 0 Å². The average molecular weight is 288 g/mol. The molecule has 1 fully saturated rings. The number of benzene rings is 1. The van der Waals surface area contributed by atoms with Gasteiger partial charge >= 0.3 is 0 Å². The van der Waals surface area contributed by atoms with E-state index in [9.17, 15) is 5.11 Å². The van der Waals surface area contributed by atoms with Gasteiger partial charge in [-0.1, -0.05) is 48.2 Å². The molecule has 0 saturated heterocycles. The number of hydrogen-bond donors (Lipinski definition) is 2. The molecule has 1 saturated carbocycles. The first-order valence-electron chi connectivity index (χ1n) is 6.34. The van der Waals surface area contributed by atoms with Gasteiger partial charge in [0.25, 0.3) is 0 Å². The number of rotatable bonds is 6. The minimum absolute atomic E-state index is 0.100. The summed E-state index contributed by atoms with van der Waals surface area (Å²) in [5.74, 6) is 0.721. The summed E-state index contributed by atoms with van der Waals surface area (Å²) in [4.78, 5) is 0. The van der Waals surface area contributed by atoms with Crippen LogP contribution in [0.1, 0.15) is 24.8 Å². The minimum atomic E-state index is -0.254. The van der Waals surface area contributed by atoms with Crippen LogP contribution in [0.4, 0.5) is 0 Å². The summed E-state index contributed by atoms with van der Waals surface area (Å²) in [6.45, 7) is 0.575. The Balaban J connectivity index is 2.19. The van der Waals surface area contributed by atoms with Gasteiger partial charge in [-0.3, -0.25) is 0 Å². The zero-order valence-corrected chi connectivity index (χ0v) is 11.8. The van der Waals surface area contributed by atoms with E-state index in [1.165, 1.54) is 12.8 Å². The highest BCUT2D eigenvalue weighted by Gasteiger charge is 2.36. The Morgan fingerprint density at radius 1 is 1.33 bits per heavy atom. The highest BCUT2D eigenvalue weighted by atomic mass is 35.5. The molecule has 0 heterocycles. The first-order valence-corrected chi connectivity index (χ1v) is 7.09. The molecule has 2 rings (SSSR count). The van der Waals surface area contributed by atoms with E-state index >= 15 is 0 Å². The molecule has 1 aromatic carbocycles. The topological polar surface area (TPSA) is 46.2 Å². The van der Waals surface area contributed by atoms with E-state index in [2.05, 4.69) is 0 Å². The van der Waals surface area contributed by atoms with Crippen molar-refractivity contribution in [3.05, 3.63) is 33.8 Å². The van der Waals surface area contributed by atoms with Crippen molar-refractivity contribution in [3.8, 4) is 0 Å². The van der Waals surface area contributed by atoms with Gasteiger partial charge in [-0.05, 0) is 30.4 Å². The summed E-state index contributed by atoms with van der Waals surface area (Å²) in [5.41, 5.74) is 6.62. The maximum atomic E-state index is 9.72. The number of aliphatic hydroxyl groups is 1. The molecule has 1 aromatic rings.